The van der Waals surface area contributed by atoms with Crippen molar-refractivity contribution in [2.75, 3.05) is 7.05 Å². The van der Waals surface area contributed by atoms with Gasteiger partial charge < -0.3 is 9.52 Å². The van der Waals surface area contributed by atoms with Crippen LogP contribution in [0.3, 0.4) is 0 Å². The predicted octanol–water partition coefficient (Wildman–Crippen LogP) is 2.15. The van der Waals surface area contributed by atoms with Crippen molar-refractivity contribution in [3.63, 3.8) is 0 Å². The third kappa shape index (κ3) is 3.30. The van der Waals surface area contributed by atoms with Crippen molar-refractivity contribution in [1.29, 1.82) is 0 Å². The lowest BCUT2D eigenvalue weighted by atomic mass is 10.1. The van der Waals surface area contributed by atoms with E-state index in [2.05, 4.69) is 4.98 Å². The molecule has 1 aromatic heterocycles. The highest BCUT2D eigenvalue weighted by Crippen LogP contribution is 2.25. The number of hydrogen-bond acceptors (Lipinski definition) is 4. The molecule has 1 heterocycles. The zero-order chi connectivity index (χ0) is 13.2. The summed E-state index contributed by atoms with van der Waals surface area (Å²) in [5.41, 5.74) is 0.865. The van der Waals surface area contributed by atoms with Crippen LogP contribution in [0.15, 0.2) is 4.42 Å². The van der Waals surface area contributed by atoms with Crippen molar-refractivity contribution in [3.05, 3.63) is 17.3 Å². The maximum absolute atomic E-state index is 10.7. The fourth-order valence-corrected chi connectivity index (χ4v) is 1.90. The average Bonchev–Trinajstić information content (AvgIpc) is 2.54. The Hall–Kier alpha value is -1.36. The molecule has 0 radical (unpaired) electrons. The van der Waals surface area contributed by atoms with Crippen LogP contribution in [0.5, 0.6) is 0 Å². The normalized spacial score (nSPS) is 14.9. The molecule has 0 saturated heterocycles. The lowest BCUT2D eigenvalue weighted by Crippen LogP contribution is -2.33. The standard InChI is InChI=1S/C12H20N2O3/c1-7(6-11(15)16)14(5)9(3)12-8(2)13-10(4)17-12/h7,9H,6H2,1-5H3,(H,15,16). The largest absolute Gasteiger partial charge is 0.481 e. The fraction of sp³-hybridized carbons (Fsp3) is 0.667. The summed E-state index contributed by atoms with van der Waals surface area (Å²) in [6, 6.07) is -0.0298. The van der Waals surface area contributed by atoms with Crippen molar-refractivity contribution in [1.82, 2.24) is 9.88 Å². The molecular formula is C12H20N2O3. The second-order valence-corrected chi connectivity index (χ2v) is 4.47. The van der Waals surface area contributed by atoms with Gasteiger partial charge in [0.1, 0.15) is 5.76 Å². The molecule has 5 heteroatoms. The molecule has 0 spiro atoms. The molecule has 0 fully saturated rings. The SMILES string of the molecule is Cc1nc(C)c(C(C)N(C)C(C)CC(=O)O)o1. The monoisotopic (exact) mass is 240 g/mol. The van der Waals surface area contributed by atoms with Crippen molar-refractivity contribution in [2.24, 2.45) is 0 Å². The highest BCUT2D eigenvalue weighted by atomic mass is 16.4. The molecule has 96 valence electrons. The van der Waals surface area contributed by atoms with Gasteiger partial charge in [0.2, 0.25) is 0 Å². The first-order valence-corrected chi connectivity index (χ1v) is 5.70. The van der Waals surface area contributed by atoms with Gasteiger partial charge in [-0.05, 0) is 27.8 Å². The van der Waals surface area contributed by atoms with Crippen LogP contribution in [0.25, 0.3) is 0 Å². The molecule has 2 atom stereocenters. The molecule has 1 N–H and O–H groups in total. The lowest BCUT2D eigenvalue weighted by Gasteiger charge is -2.28. The Labute approximate surface area is 101 Å². The third-order valence-electron chi connectivity index (χ3n) is 3.10. The van der Waals surface area contributed by atoms with Crippen LogP contribution in [0.4, 0.5) is 0 Å². The van der Waals surface area contributed by atoms with Crippen LogP contribution >= 0.6 is 0 Å². The summed E-state index contributed by atoms with van der Waals surface area (Å²) >= 11 is 0. The van der Waals surface area contributed by atoms with E-state index in [0.717, 1.165) is 11.5 Å². The average molecular weight is 240 g/mol. The Kier molecular flexibility index (Phi) is 4.28. The van der Waals surface area contributed by atoms with E-state index in [4.69, 9.17) is 9.52 Å². The van der Waals surface area contributed by atoms with Crippen molar-refractivity contribution in [2.45, 2.75) is 46.2 Å². The number of carboxylic acids is 1. The molecule has 1 aromatic rings. The van der Waals surface area contributed by atoms with Crippen LogP contribution in [0.2, 0.25) is 0 Å². The first-order chi connectivity index (χ1) is 7.82. The molecule has 0 aliphatic heterocycles. The van der Waals surface area contributed by atoms with E-state index < -0.39 is 5.97 Å². The molecule has 0 saturated carbocycles. The molecule has 1 rings (SSSR count). The van der Waals surface area contributed by atoms with E-state index in [-0.39, 0.29) is 18.5 Å². The molecular weight excluding hydrogens is 220 g/mol. The number of carbonyl (C=O) groups is 1. The Morgan fingerprint density at radius 3 is 2.47 bits per heavy atom. The summed E-state index contributed by atoms with van der Waals surface area (Å²) < 4.78 is 5.55. The minimum atomic E-state index is -0.790. The highest BCUT2D eigenvalue weighted by Gasteiger charge is 2.23. The molecule has 0 bridgehead atoms. The summed E-state index contributed by atoms with van der Waals surface area (Å²) in [6.45, 7) is 7.59. The van der Waals surface area contributed by atoms with Gasteiger partial charge in [-0.2, -0.15) is 0 Å². The fourth-order valence-electron chi connectivity index (χ4n) is 1.90. The van der Waals surface area contributed by atoms with E-state index in [9.17, 15) is 4.79 Å². The van der Waals surface area contributed by atoms with E-state index in [1.165, 1.54) is 0 Å². The summed E-state index contributed by atoms with van der Waals surface area (Å²) in [6.07, 6.45) is 0.118. The molecule has 0 aromatic carbocycles. The van der Waals surface area contributed by atoms with Crippen LogP contribution in [-0.4, -0.2) is 34.0 Å². The Balaban J connectivity index is 2.78. The van der Waals surface area contributed by atoms with E-state index >= 15 is 0 Å². The Bertz CT molecular complexity index is 400. The number of carboxylic acid groups (broad SMARTS) is 1. The van der Waals surface area contributed by atoms with E-state index in [1.807, 2.05) is 39.6 Å². The highest BCUT2D eigenvalue weighted by molar-refractivity contribution is 5.67. The lowest BCUT2D eigenvalue weighted by molar-refractivity contribution is -0.138. The topological polar surface area (TPSA) is 66.6 Å². The van der Waals surface area contributed by atoms with Crippen LogP contribution in [0, 0.1) is 13.8 Å². The number of hydrogen-bond donors (Lipinski definition) is 1. The van der Waals surface area contributed by atoms with Gasteiger partial charge in [-0.1, -0.05) is 0 Å². The van der Waals surface area contributed by atoms with Crippen molar-refractivity contribution >= 4 is 5.97 Å². The molecule has 0 aliphatic carbocycles. The van der Waals surface area contributed by atoms with Crippen LogP contribution < -0.4 is 0 Å². The minimum absolute atomic E-state index is 0.0190. The van der Waals surface area contributed by atoms with E-state index in [1.54, 1.807) is 0 Å². The maximum Gasteiger partial charge on any atom is 0.304 e. The molecule has 5 nitrogen and oxygen atoms in total. The molecule has 17 heavy (non-hydrogen) atoms. The molecule has 0 amide bonds. The third-order valence-corrected chi connectivity index (χ3v) is 3.10. The summed E-state index contributed by atoms with van der Waals surface area (Å²) in [5, 5.41) is 8.78. The molecule has 2 unspecified atom stereocenters. The summed E-state index contributed by atoms with van der Waals surface area (Å²) in [4.78, 5) is 16.9. The van der Waals surface area contributed by atoms with Gasteiger partial charge in [-0.25, -0.2) is 4.98 Å². The zero-order valence-electron chi connectivity index (χ0n) is 11.0. The summed E-state index contributed by atoms with van der Waals surface area (Å²) in [7, 11) is 1.90. The predicted molar refractivity (Wildman–Crippen MR) is 63.9 cm³/mol. The number of nitrogens with zero attached hydrogens (tertiary/aromatic N) is 2. The second kappa shape index (κ2) is 5.31. The van der Waals surface area contributed by atoms with Crippen molar-refractivity contribution < 1.29 is 14.3 Å². The first kappa shape index (κ1) is 13.7. The van der Waals surface area contributed by atoms with Gasteiger partial charge in [0.25, 0.3) is 0 Å². The number of aromatic nitrogens is 1. The zero-order valence-corrected chi connectivity index (χ0v) is 11.0. The van der Waals surface area contributed by atoms with E-state index in [0.29, 0.717) is 5.89 Å². The Morgan fingerprint density at radius 2 is 2.06 bits per heavy atom. The molecule has 0 aliphatic rings. The summed E-state index contributed by atoms with van der Waals surface area (Å²) in [5.74, 6) is 0.660. The van der Waals surface area contributed by atoms with Gasteiger partial charge in [0, 0.05) is 13.0 Å². The second-order valence-electron chi connectivity index (χ2n) is 4.47. The minimum Gasteiger partial charge on any atom is -0.481 e. The maximum atomic E-state index is 10.7. The quantitative estimate of drug-likeness (QED) is 0.854. The van der Waals surface area contributed by atoms with Gasteiger partial charge in [0.05, 0.1) is 18.2 Å². The van der Waals surface area contributed by atoms with Crippen molar-refractivity contribution in [3.8, 4) is 0 Å². The number of oxazole rings is 1. The number of aliphatic carboxylic acids is 1. The van der Waals surface area contributed by atoms with Gasteiger partial charge >= 0.3 is 5.97 Å². The first-order valence-electron chi connectivity index (χ1n) is 5.70. The van der Waals surface area contributed by atoms with Gasteiger partial charge in [0.15, 0.2) is 5.89 Å². The van der Waals surface area contributed by atoms with Crippen LogP contribution in [0.1, 0.15) is 43.7 Å². The Morgan fingerprint density at radius 1 is 1.47 bits per heavy atom. The smallest absolute Gasteiger partial charge is 0.304 e. The van der Waals surface area contributed by atoms with Gasteiger partial charge in [-0.3, -0.25) is 9.69 Å². The number of aryl methyl sites for hydroxylation is 2. The number of rotatable bonds is 5. The van der Waals surface area contributed by atoms with Gasteiger partial charge in [-0.15, -0.1) is 0 Å². The van der Waals surface area contributed by atoms with Crippen LogP contribution in [-0.2, 0) is 4.79 Å².